The van der Waals surface area contributed by atoms with Crippen molar-refractivity contribution in [1.29, 1.82) is 0 Å². The van der Waals surface area contributed by atoms with Crippen molar-refractivity contribution in [3.8, 4) is 0 Å². The van der Waals surface area contributed by atoms with E-state index in [4.69, 9.17) is 9.47 Å². The average Bonchev–Trinajstić information content (AvgIpc) is 2.93. The van der Waals surface area contributed by atoms with Gasteiger partial charge in [-0.1, -0.05) is 161 Å². The van der Waals surface area contributed by atoms with Crippen molar-refractivity contribution in [3.05, 3.63) is 0 Å². The summed E-state index contributed by atoms with van der Waals surface area (Å²) in [6, 6.07) is 0. The van der Waals surface area contributed by atoms with Crippen LogP contribution in [0.4, 0.5) is 0 Å². The fourth-order valence-corrected chi connectivity index (χ4v) is 5.27. The molecule has 0 N–H and O–H groups in total. The van der Waals surface area contributed by atoms with Gasteiger partial charge < -0.3 is 9.47 Å². The minimum absolute atomic E-state index is 0.0111. The zero-order valence-electron chi connectivity index (χ0n) is 26.6. The molecule has 0 heterocycles. The van der Waals surface area contributed by atoms with Crippen molar-refractivity contribution in [1.82, 2.24) is 0 Å². The van der Waals surface area contributed by atoms with Crippen molar-refractivity contribution in [2.75, 3.05) is 13.2 Å². The van der Waals surface area contributed by atoms with Gasteiger partial charge >= 0.3 is 11.9 Å². The van der Waals surface area contributed by atoms with Gasteiger partial charge in [0, 0.05) is 12.8 Å². The van der Waals surface area contributed by atoms with Gasteiger partial charge in [-0.2, -0.15) is 0 Å². The van der Waals surface area contributed by atoms with Gasteiger partial charge in [0.25, 0.3) is 0 Å². The molecule has 0 saturated carbocycles. The minimum atomic E-state index is -0.0415. The molecule has 0 spiro atoms. The quantitative estimate of drug-likeness (QED) is 0.0615. The van der Waals surface area contributed by atoms with Crippen LogP contribution in [0.15, 0.2) is 0 Å². The molecule has 0 amide bonds. The van der Waals surface area contributed by atoms with Crippen molar-refractivity contribution in [2.24, 2.45) is 0 Å². The highest BCUT2D eigenvalue weighted by molar-refractivity contribution is 5.69. The molecule has 0 aliphatic carbocycles. The van der Waals surface area contributed by atoms with E-state index in [1.54, 1.807) is 0 Å². The van der Waals surface area contributed by atoms with Gasteiger partial charge in [-0.25, -0.2) is 0 Å². The van der Waals surface area contributed by atoms with Gasteiger partial charge in [0.05, 0.1) is 13.2 Å². The Morgan fingerprint density at radius 1 is 0.359 bits per heavy atom. The molecular weight excluding hydrogens is 484 g/mol. The molecule has 0 aliphatic rings. The maximum absolute atomic E-state index is 11.9. The van der Waals surface area contributed by atoms with Gasteiger partial charge in [-0.3, -0.25) is 9.59 Å². The zero-order valence-corrected chi connectivity index (χ0v) is 26.6. The molecule has 0 radical (unpaired) electrons. The maximum Gasteiger partial charge on any atom is 0.305 e. The lowest BCUT2D eigenvalue weighted by Crippen LogP contribution is -2.05. The molecule has 0 aromatic carbocycles. The third kappa shape index (κ3) is 33.0. The van der Waals surface area contributed by atoms with Crippen LogP contribution in [-0.2, 0) is 19.1 Å². The van der Waals surface area contributed by atoms with Crippen molar-refractivity contribution < 1.29 is 19.1 Å². The highest BCUT2D eigenvalue weighted by Gasteiger charge is 2.03. The Labute approximate surface area is 244 Å². The van der Waals surface area contributed by atoms with Crippen LogP contribution in [0.25, 0.3) is 0 Å². The fourth-order valence-electron chi connectivity index (χ4n) is 5.27. The fraction of sp³-hybridized carbons (Fsp3) is 0.943. The first-order valence-corrected chi connectivity index (χ1v) is 17.5. The van der Waals surface area contributed by atoms with Crippen LogP contribution in [0.5, 0.6) is 0 Å². The molecule has 0 unspecified atom stereocenters. The molecule has 0 saturated heterocycles. The van der Waals surface area contributed by atoms with Crippen LogP contribution < -0.4 is 0 Å². The van der Waals surface area contributed by atoms with E-state index in [0.29, 0.717) is 26.1 Å². The Balaban J connectivity index is 3.16. The average molecular weight is 553 g/mol. The molecule has 0 atom stereocenters. The number of ether oxygens (including phenoxy) is 2. The molecule has 4 heteroatoms. The lowest BCUT2D eigenvalue weighted by molar-refractivity contribution is -0.144. The van der Waals surface area contributed by atoms with E-state index >= 15 is 0 Å². The summed E-state index contributed by atoms with van der Waals surface area (Å²) in [5, 5.41) is 0. The Morgan fingerprint density at radius 2 is 0.641 bits per heavy atom. The van der Waals surface area contributed by atoms with E-state index in [1.165, 1.54) is 148 Å². The number of carbonyl (C=O) groups excluding carboxylic acids is 2. The van der Waals surface area contributed by atoms with Crippen LogP contribution in [0, 0.1) is 0 Å². The van der Waals surface area contributed by atoms with Crippen LogP contribution in [0.1, 0.15) is 200 Å². The first-order valence-electron chi connectivity index (χ1n) is 17.5. The first-order chi connectivity index (χ1) is 19.2. The summed E-state index contributed by atoms with van der Waals surface area (Å²) in [6.07, 6.45) is 36.1. The lowest BCUT2D eigenvalue weighted by Gasteiger charge is -2.06. The normalized spacial score (nSPS) is 11.1. The molecule has 232 valence electrons. The van der Waals surface area contributed by atoms with Gasteiger partial charge in [-0.15, -0.1) is 0 Å². The van der Waals surface area contributed by atoms with Crippen LogP contribution in [0.3, 0.4) is 0 Å². The Bertz CT molecular complexity index is 505. The third-order valence-corrected chi connectivity index (χ3v) is 7.83. The number of carbonyl (C=O) groups is 2. The number of hydrogen-bond acceptors (Lipinski definition) is 4. The highest BCUT2D eigenvalue weighted by atomic mass is 16.5. The second-order valence-corrected chi connectivity index (χ2v) is 11.7. The number of hydrogen-bond donors (Lipinski definition) is 0. The van der Waals surface area contributed by atoms with E-state index < -0.39 is 0 Å². The summed E-state index contributed by atoms with van der Waals surface area (Å²) >= 11 is 0. The van der Waals surface area contributed by atoms with E-state index in [2.05, 4.69) is 6.92 Å². The Hall–Kier alpha value is -1.06. The molecule has 0 fully saturated rings. The molecule has 0 rings (SSSR count). The van der Waals surface area contributed by atoms with Gasteiger partial charge in [-0.05, 0) is 26.2 Å². The Kier molecular flexibility index (Phi) is 32.2. The molecule has 0 bridgehead atoms. The summed E-state index contributed by atoms with van der Waals surface area (Å²) in [4.78, 5) is 23.2. The highest BCUT2D eigenvalue weighted by Crippen LogP contribution is 2.15. The molecule has 4 nitrogen and oxygen atoms in total. The summed E-state index contributed by atoms with van der Waals surface area (Å²) in [5.74, 6) is -0.0304. The van der Waals surface area contributed by atoms with Crippen molar-refractivity contribution >= 4 is 11.9 Å². The van der Waals surface area contributed by atoms with Gasteiger partial charge in [0.2, 0.25) is 0 Å². The molecule has 0 aromatic heterocycles. The Morgan fingerprint density at radius 3 is 0.974 bits per heavy atom. The van der Waals surface area contributed by atoms with E-state index in [-0.39, 0.29) is 11.9 Å². The number of unbranched alkanes of at least 4 members (excludes halogenated alkanes) is 25. The van der Waals surface area contributed by atoms with Crippen LogP contribution >= 0.6 is 0 Å². The number of esters is 2. The summed E-state index contributed by atoms with van der Waals surface area (Å²) in [7, 11) is 0. The third-order valence-electron chi connectivity index (χ3n) is 7.83. The van der Waals surface area contributed by atoms with Crippen LogP contribution in [0.2, 0.25) is 0 Å². The second-order valence-electron chi connectivity index (χ2n) is 11.7. The second kappa shape index (κ2) is 33.1. The van der Waals surface area contributed by atoms with Crippen molar-refractivity contribution in [2.45, 2.75) is 200 Å². The standard InChI is InChI=1S/C35H68O4/c1-3-5-6-7-8-9-16-19-23-26-29-32-35(37)39-33-30-27-24-21-18-15-13-11-10-12-14-17-20-22-25-28-31-34(36)38-4-2/h3-33H2,1-2H3. The summed E-state index contributed by atoms with van der Waals surface area (Å²) in [5.41, 5.74) is 0. The predicted molar refractivity (Wildman–Crippen MR) is 167 cm³/mol. The monoisotopic (exact) mass is 553 g/mol. The number of rotatable bonds is 32. The summed E-state index contributed by atoms with van der Waals surface area (Å²) < 4.78 is 10.4. The largest absolute Gasteiger partial charge is 0.466 e. The first kappa shape index (κ1) is 37.9. The molecule has 39 heavy (non-hydrogen) atoms. The molecule has 0 aromatic rings. The molecule has 0 aliphatic heterocycles. The minimum Gasteiger partial charge on any atom is -0.466 e. The zero-order chi connectivity index (χ0) is 28.5. The topological polar surface area (TPSA) is 52.6 Å². The SMILES string of the molecule is CCCCCCCCCCCCCC(=O)OCCCCCCCCCCCCCCCCCCC(=O)OCC. The smallest absolute Gasteiger partial charge is 0.305 e. The van der Waals surface area contributed by atoms with Gasteiger partial charge in [0.15, 0.2) is 0 Å². The van der Waals surface area contributed by atoms with E-state index in [0.717, 1.165) is 25.7 Å². The lowest BCUT2D eigenvalue weighted by atomic mass is 10.0. The summed E-state index contributed by atoms with van der Waals surface area (Å²) in [6.45, 7) is 5.25. The maximum atomic E-state index is 11.9. The van der Waals surface area contributed by atoms with Crippen molar-refractivity contribution in [3.63, 3.8) is 0 Å². The molecular formula is C35H68O4. The van der Waals surface area contributed by atoms with E-state index in [9.17, 15) is 9.59 Å². The predicted octanol–water partition coefficient (Wildman–Crippen LogP) is 11.4. The van der Waals surface area contributed by atoms with E-state index in [1.807, 2.05) is 6.92 Å². The van der Waals surface area contributed by atoms with Crippen LogP contribution in [-0.4, -0.2) is 25.2 Å². The van der Waals surface area contributed by atoms with Gasteiger partial charge in [0.1, 0.15) is 0 Å².